The summed E-state index contributed by atoms with van der Waals surface area (Å²) in [5.41, 5.74) is 4.98. The second-order valence-electron chi connectivity index (χ2n) is 4.80. The molecular weight excluding hydrogens is 346 g/mol. The van der Waals surface area contributed by atoms with Crippen molar-refractivity contribution in [3.63, 3.8) is 0 Å². The summed E-state index contributed by atoms with van der Waals surface area (Å²) in [5.74, 6) is -4.20. The Labute approximate surface area is 137 Å². The molecule has 0 radical (unpaired) electrons. The summed E-state index contributed by atoms with van der Waals surface area (Å²) in [5, 5.41) is 7.23. The average Bonchev–Trinajstić information content (AvgIpc) is 2.95. The Morgan fingerprint density at radius 2 is 1.88 bits per heavy atom. The molecule has 2 aromatic carbocycles. The number of fused-ring (bicyclic) bond motifs is 1. The zero-order valence-corrected chi connectivity index (χ0v) is 12.6. The Bertz CT molecular complexity index is 958. The first-order chi connectivity index (χ1) is 11.4. The number of rotatable bonds is 4. The number of nitrogens with two attached hydrogens (primary N) is 1. The molecule has 0 saturated carbocycles. The van der Waals surface area contributed by atoms with E-state index in [1.54, 1.807) is 0 Å². The summed E-state index contributed by atoms with van der Waals surface area (Å²) >= 11 is -0.198. The first kappa shape index (κ1) is 16.2. The number of hydrogen-bond acceptors (Lipinski definition) is 3. The van der Waals surface area contributed by atoms with Crippen LogP contribution in [0.15, 0.2) is 36.5 Å². The quantitative estimate of drug-likeness (QED) is 0.411. The van der Waals surface area contributed by atoms with Crippen LogP contribution in [-0.4, -0.2) is 9.81 Å². The Balaban J connectivity index is 2.07. The third-order valence-electron chi connectivity index (χ3n) is 3.33. The van der Waals surface area contributed by atoms with E-state index in [0.717, 1.165) is 28.2 Å². The first-order valence-corrected chi connectivity index (χ1v) is 7.19. The molecule has 0 bridgehead atoms. The number of benzene rings is 2. The molecule has 9 heteroatoms. The minimum atomic E-state index is -1.05. The smallest absolute Gasteiger partial charge is 0.199 e. The second-order valence-corrected chi connectivity index (χ2v) is 5.33. The number of aromatic nitrogens is 1. The maximum absolute atomic E-state index is 14.5. The summed E-state index contributed by atoms with van der Waals surface area (Å²) in [6.45, 7) is 0. The van der Waals surface area contributed by atoms with Crippen LogP contribution in [-0.2, 0) is 0 Å². The van der Waals surface area contributed by atoms with Crippen molar-refractivity contribution in [1.29, 1.82) is 5.41 Å². The molecule has 0 amide bonds. The number of ether oxygens (including phenoxy) is 1. The van der Waals surface area contributed by atoms with Crippen molar-refractivity contribution < 1.29 is 21.8 Å². The number of halogens is 4. The van der Waals surface area contributed by atoms with Gasteiger partial charge in [0.15, 0.2) is 29.7 Å². The largest absolute Gasteiger partial charge is 0.451 e. The maximum atomic E-state index is 14.5. The molecule has 0 aliphatic rings. The number of nitrogen functional groups attached to an aromatic ring is 1. The Kier molecular flexibility index (Phi) is 4.10. The van der Waals surface area contributed by atoms with E-state index in [1.807, 2.05) is 0 Å². The number of amidine groups is 1. The molecule has 0 fully saturated rings. The highest BCUT2D eigenvalue weighted by molar-refractivity contribution is 7.92. The summed E-state index contributed by atoms with van der Waals surface area (Å²) < 4.78 is 60.9. The van der Waals surface area contributed by atoms with E-state index in [4.69, 9.17) is 15.9 Å². The zero-order valence-electron chi connectivity index (χ0n) is 11.8. The Hall–Kier alpha value is -2.68. The van der Waals surface area contributed by atoms with Gasteiger partial charge in [-0.1, -0.05) is 0 Å². The van der Waals surface area contributed by atoms with Crippen LogP contribution in [0.1, 0.15) is 5.56 Å². The van der Waals surface area contributed by atoms with Crippen molar-refractivity contribution in [3.8, 4) is 11.5 Å². The molecule has 0 atom stereocenters. The molecular formula is C15H9F4N3OS. The van der Waals surface area contributed by atoms with Gasteiger partial charge in [0.1, 0.15) is 17.4 Å². The molecule has 4 nitrogen and oxygen atoms in total. The molecule has 1 aromatic heterocycles. The van der Waals surface area contributed by atoms with Crippen LogP contribution in [0.5, 0.6) is 11.5 Å². The minimum absolute atomic E-state index is 0.00776. The van der Waals surface area contributed by atoms with Crippen LogP contribution >= 0.6 is 12.3 Å². The second kappa shape index (κ2) is 6.08. The highest BCUT2D eigenvalue weighted by atomic mass is 32.2. The molecule has 3 aromatic rings. The van der Waals surface area contributed by atoms with Gasteiger partial charge < -0.3 is 10.5 Å². The first-order valence-electron chi connectivity index (χ1n) is 6.52. The van der Waals surface area contributed by atoms with E-state index in [2.05, 4.69) is 0 Å². The molecule has 3 N–H and O–H groups in total. The van der Waals surface area contributed by atoms with Gasteiger partial charge in [0, 0.05) is 17.6 Å². The highest BCUT2D eigenvalue weighted by Crippen LogP contribution is 2.35. The number of hydrogen-bond donors (Lipinski definition) is 2. The fourth-order valence-corrected chi connectivity index (χ4v) is 2.54. The molecule has 0 aliphatic heterocycles. The molecule has 24 heavy (non-hydrogen) atoms. The molecule has 0 aliphatic carbocycles. The van der Waals surface area contributed by atoms with Crippen molar-refractivity contribution in [2.75, 3.05) is 0 Å². The van der Waals surface area contributed by atoms with Gasteiger partial charge in [0.25, 0.3) is 0 Å². The van der Waals surface area contributed by atoms with E-state index < -0.39 is 29.0 Å². The maximum Gasteiger partial charge on any atom is 0.199 e. The van der Waals surface area contributed by atoms with E-state index >= 15 is 0 Å². The monoisotopic (exact) mass is 355 g/mol. The summed E-state index contributed by atoms with van der Waals surface area (Å²) in [4.78, 5) is 0. The third-order valence-corrected chi connectivity index (χ3v) is 3.80. The average molecular weight is 355 g/mol. The Morgan fingerprint density at radius 1 is 1.12 bits per heavy atom. The van der Waals surface area contributed by atoms with Crippen LogP contribution in [0.3, 0.4) is 0 Å². The third kappa shape index (κ3) is 2.67. The molecule has 0 unspecified atom stereocenters. The molecule has 1 heterocycles. The van der Waals surface area contributed by atoms with Crippen LogP contribution in [0, 0.1) is 22.9 Å². The van der Waals surface area contributed by atoms with Crippen molar-refractivity contribution >= 4 is 29.1 Å². The standard InChI is InChI=1S/C15H9F4N3OS/c16-10-2-1-7(5-9(10)15(20)21)23-14-11(17)6-12-8(13(14)18)3-4-22(12)24-19/h1-6H,(H3,20,21). The lowest BCUT2D eigenvalue weighted by molar-refractivity contribution is 0.410. The molecule has 3 rings (SSSR count). The summed E-state index contributed by atoms with van der Waals surface area (Å²) in [6, 6.07) is 5.37. The zero-order chi connectivity index (χ0) is 17.4. The van der Waals surface area contributed by atoms with Crippen LogP contribution < -0.4 is 10.5 Å². The Morgan fingerprint density at radius 3 is 2.54 bits per heavy atom. The van der Waals surface area contributed by atoms with Crippen molar-refractivity contribution in [3.05, 3.63) is 59.5 Å². The van der Waals surface area contributed by atoms with E-state index in [0.29, 0.717) is 0 Å². The SMILES string of the molecule is N=C(N)c1cc(Oc2c(F)cc3c(ccn3SF)c2F)ccc1F. The lowest BCUT2D eigenvalue weighted by atomic mass is 10.2. The molecule has 124 valence electrons. The highest BCUT2D eigenvalue weighted by Gasteiger charge is 2.19. The van der Waals surface area contributed by atoms with E-state index in [9.17, 15) is 17.1 Å². The fourth-order valence-electron chi connectivity index (χ4n) is 2.21. The van der Waals surface area contributed by atoms with E-state index in [-0.39, 0.29) is 34.5 Å². The van der Waals surface area contributed by atoms with Gasteiger partial charge in [-0.2, -0.15) is 0 Å². The lowest BCUT2D eigenvalue weighted by Gasteiger charge is -2.11. The molecule has 0 saturated heterocycles. The number of nitrogens with zero attached hydrogens (tertiary/aromatic N) is 1. The molecule has 0 spiro atoms. The topological polar surface area (TPSA) is 64.0 Å². The van der Waals surface area contributed by atoms with Crippen molar-refractivity contribution in [1.82, 2.24) is 3.97 Å². The van der Waals surface area contributed by atoms with Crippen LogP contribution in [0.2, 0.25) is 0 Å². The van der Waals surface area contributed by atoms with Crippen molar-refractivity contribution in [2.45, 2.75) is 0 Å². The van der Waals surface area contributed by atoms with Gasteiger partial charge in [0.2, 0.25) is 0 Å². The minimum Gasteiger partial charge on any atom is -0.451 e. The van der Waals surface area contributed by atoms with Crippen LogP contribution in [0.4, 0.5) is 17.1 Å². The summed E-state index contributed by atoms with van der Waals surface area (Å²) in [7, 11) is 0. The summed E-state index contributed by atoms with van der Waals surface area (Å²) in [6.07, 6.45) is 1.24. The van der Waals surface area contributed by atoms with Crippen molar-refractivity contribution in [2.24, 2.45) is 5.73 Å². The van der Waals surface area contributed by atoms with Gasteiger partial charge in [-0.25, -0.2) is 13.2 Å². The lowest BCUT2D eigenvalue weighted by Crippen LogP contribution is -2.13. The normalized spacial score (nSPS) is 11.0. The predicted molar refractivity (Wildman–Crippen MR) is 83.4 cm³/mol. The predicted octanol–water partition coefficient (Wildman–Crippen LogP) is 4.52. The fraction of sp³-hybridized carbons (Fsp3) is 0. The number of nitrogens with one attached hydrogen (secondary N) is 1. The van der Waals surface area contributed by atoms with Gasteiger partial charge in [0.05, 0.1) is 11.1 Å². The van der Waals surface area contributed by atoms with Crippen LogP contribution in [0.25, 0.3) is 10.9 Å². The van der Waals surface area contributed by atoms with Gasteiger partial charge in [-0.3, -0.25) is 9.38 Å². The van der Waals surface area contributed by atoms with Gasteiger partial charge in [-0.05, 0) is 24.3 Å². The van der Waals surface area contributed by atoms with E-state index in [1.165, 1.54) is 12.3 Å². The van der Waals surface area contributed by atoms with Gasteiger partial charge in [-0.15, -0.1) is 3.89 Å². The van der Waals surface area contributed by atoms with Gasteiger partial charge >= 0.3 is 0 Å².